The Morgan fingerprint density at radius 3 is 2.65 bits per heavy atom. The van der Waals surface area contributed by atoms with E-state index in [9.17, 15) is 9.59 Å². The van der Waals surface area contributed by atoms with E-state index in [4.69, 9.17) is 5.73 Å². The maximum Gasteiger partial charge on any atom is 0.248 e. The zero-order chi connectivity index (χ0) is 12.8. The first-order valence-corrected chi connectivity index (χ1v) is 5.42. The van der Waals surface area contributed by atoms with E-state index < -0.39 is 5.91 Å². The predicted molar refractivity (Wildman–Crippen MR) is 66.7 cm³/mol. The van der Waals surface area contributed by atoms with Crippen molar-refractivity contribution in [1.29, 1.82) is 0 Å². The normalized spacial score (nSPS) is 10.1. The molecule has 0 aromatic heterocycles. The number of benzene rings is 1. The molecule has 0 radical (unpaired) electrons. The average Bonchev–Trinajstić information content (AvgIpc) is 2.26. The lowest BCUT2D eigenvalue weighted by Crippen LogP contribution is -2.34. The molecule has 4 N–H and O–H groups in total. The van der Waals surface area contributed by atoms with Crippen molar-refractivity contribution in [3.05, 3.63) is 29.8 Å². The Balaban J connectivity index is 2.54. The molecule has 0 saturated heterocycles. The summed E-state index contributed by atoms with van der Waals surface area (Å²) in [5.41, 5.74) is 6.27. The van der Waals surface area contributed by atoms with Crippen LogP contribution < -0.4 is 16.4 Å². The lowest BCUT2D eigenvalue weighted by Gasteiger charge is -2.10. The van der Waals surface area contributed by atoms with E-state index in [1.54, 1.807) is 24.3 Å². The van der Waals surface area contributed by atoms with E-state index in [-0.39, 0.29) is 18.5 Å². The third-order valence-corrected chi connectivity index (χ3v) is 2.05. The molecule has 17 heavy (non-hydrogen) atoms. The molecule has 0 heterocycles. The fourth-order valence-electron chi connectivity index (χ4n) is 1.34. The lowest BCUT2D eigenvalue weighted by atomic mass is 10.2. The molecule has 0 bridgehead atoms. The number of hydrogen-bond acceptors (Lipinski definition) is 3. The highest BCUT2D eigenvalue weighted by Crippen LogP contribution is 2.09. The Kier molecular flexibility index (Phi) is 4.51. The molecule has 0 aliphatic heterocycles. The van der Waals surface area contributed by atoms with Crippen LogP contribution in [0.2, 0.25) is 0 Å². The molecule has 0 saturated carbocycles. The number of primary amides is 1. The highest BCUT2D eigenvalue weighted by Gasteiger charge is 2.04. The molecule has 1 rings (SSSR count). The van der Waals surface area contributed by atoms with Crippen molar-refractivity contribution in [2.45, 2.75) is 19.9 Å². The van der Waals surface area contributed by atoms with Crippen molar-refractivity contribution in [2.24, 2.45) is 5.73 Å². The van der Waals surface area contributed by atoms with Crippen molar-refractivity contribution in [1.82, 2.24) is 5.32 Å². The van der Waals surface area contributed by atoms with E-state index in [1.165, 1.54) is 0 Å². The fourth-order valence-corrected chi connectivity index (χ4v) is 1.34. The van der Waals surface area contributed by atoms with Gasteiger partial charge in [-0.3, -0.25) is 9.59 Å². The molecule has 5 nitrogen and oxygen atoms in total. The Morgan fingerprint density at radius 1 is 1.35 bits per heavy atom. The molecule has 92 valence electrons. The van der Waals surface area contributed by atoms with Gasteiger partial charge in [-0.1, -0.05) is 6.07 Å². The molecular weight excluding hydrogens is 218 g/mol. The van der Waals surface area contributed by atoms with Gasteiger partial charge in [-0.2, -0.15) is 0 Å². The molecule has 2 amide bonds. The summed E-state index contributed by atoms with van der Waals surface area (Å²) in [6.45, 7) is 3.96. The van der Waals surface area contributed by atoms with Gasteiger partial charge in [-0.05, 0) is 32.0 Å². The number of nitrogens with two attached hydrogens (primary N) is 1. The number of rotatable bonds is 5. The van der Waals surface area contributed by atoms with Crippen molar-refractivity contribution in [3.8, 4) is 0 Å². The SMILES string of the molecule is CC(C)NC(=O)CNc1cccc(C(N)=O)c1. The largest absolute Gasteiger partial charge is 0.376 e. The van der Waals surface area contributed by atoms with Gasteiger partial charge in [-0.25, -0.2) is 0 Å². The van der Waals surface area contributed by atoms with Gasteiger partial charge in [0.1, 0.15) is 0 Å². The van der Waals surface area contributed by atoms with Crippen LogP contribution in [0.4, 0.5) is 5.69 Å². The van der Waals surface area contributed by atoms with Crippen LogP contribution in [0.5, 0.6) is 0 Å². The summed E-state index contributed by atoms with van der Waals surface area (Å²) in [6, 6.07) is 6.84. The first-order chi connectivity index (χ1) is 7.99. The summed E-state index contributed by atoms with van der Waals surface area (Å²) in [5, 5.41) is 5.68. The Labute approximate surface area is 100 Å². The minimum absolute atomic E-state index is 0.0931. The molecule has 0 aliphatic rings. The standard InChI is InChI=1S/C12H17N3O2/c1-8(2)15-11(16)7-14-10-5-3-4-9(6-10)12(13)17/h3-6,8,14H,7H2,1-2H3,(H2,13,17)(H,15,16). The van der Waals surface area contributed by atoms with Crippen molar-refractivity contribution in [3.63, 3.8) is 0 Å². The van der Waals surface area contributed by atoms with Gasteiger partial charge in [0, 0.05) is 17.3 Å². The molecule has 0 unspecified atom stereocenters. The molecular formula is C12H17N3O2. The minimum atomic E-state index is -0.486. The molecule has 1 aromatic carbocycles. The van der Waals surface area contributed by atoms with E-state index >= 15 is 0 Å². The van der Waals surface area contributed by atoms with Gasteiger partial charge in [0.05, 0.1) is 6.54 Å². The second kappa shape index (κ2) is 5.89. The van der Waals surface area contributed by atoms with Crippen LogP contribution in [-0.4, -0.2) is 24.4 Å². The highest BCUT2D eigenvalue weighted by molar-refractivity contribution is 5.93. The Hall–Kier alpha value is -2.04. The number of amides is 2. The number of nitrogens with one attached hydrogen (secondary N) is 2. The van der Waals surface area contributed by atoms with Crippen LogP contribution in [0, 0.1) is 0 Å². The second-order valence-electron chi connectivity index (χ2n) is 4.02. The van der Waals surface area contributed by atoms with Gasteiger partial charge in [0.25, 0.3) is 0 Å². The quantitative estimate of drug-likeness (QED) is 0.703. The molecule has 1 aromatic rings. The van der Waals surface area contributed by atoms with Gasteiger partial charge in [-0.15, -0.1) is 0 Å². The minimum Gasteiger partial charge on any atom is -0.376 e. The van der Waals surface area contributed by atoms with Crippen LogP contribution in [-0.2, 0) is 4.79 Å². The first-order valence-electron chi connectivity index (χ1n) is 5.42. The molecule has 0 fully saturated rings. The van der Waals surface area contributed by atoms with Crippen LogP contribution in [0.25, 0.3) is 0 Å². The maximum atomic E-state index is 11.4. The number of carbonyl (C=O) groups is 2. The zero-order valence-electron chi connectivity index (χ0n) is 9.99. The van der Waals surface area contributed by atoms with E-state index in [2.05, 4.69) is 10.6 Å². The number of hydrogen-bond donors (Lipinski definition) is 3. The van der Waals surface area contributed by atoms with Crippen molar-refractivity contribution >= 4 is 17.5 Å². The Bertz CT molecular complexity index is 416. The first kappa shape index (κ1) is 13.0. The van der Waals surface area contributed by atoms with E-state index in [0.29, 0.717) is 11.3 Å². The maximum absolute atomic E-state index is 11.4. The molecule has 0 aliphatic carbocycles. The summed E-state index contributed by atoms with van der Waals surface area (Å²) >= 11 is 0. The van der Waals surface area contributed by atoms with Crippen molar-refractivity contribution in [2.75, 3.05) is 11.9 Å². The van der Waals surface area contributed by atoms with Crippen molar-refractivity contribution < 1.29 is 9.59 Å². The number of carbonyl (C=O) groups excluding carboxylic acids is 2. The van der Waals surface area contributed by atoms with Crippen LogP contribution in [0.3, 0.4) is 0 Å². The zero-order valence-corrected chi connectivity index (χ0v) is 9.99. The molecule has 5 heteroatoms. The third kappa shape index (κ3) is 4.55. The lowest BCUT2D eigenvalue weighted by molar-refractivity contribution is -0.119. The molecule has 0 atom stereocenters. The topological polar surface area (TPSA) is 84.2 Å². The molecule has 0 spiro atoms. The fraction of sp³-hybridized carbons (Fsp3) is 0.333. The second-order valence-corrected chi connectivity index (χ2v) is 4.02. The summed E-state index contributed by atoms with van der Waals surface area (Å²) in [7, 11) is 0. The van der Waals surface area contributed by atoms with Gasteiger partial charge < -0.3 is 16.4 Å². The van der Waals surface area contributed by atoms with Crippen LogP contribution >= 0.6 is 0 Å². The summed E-state index contributed by atoms with van der Waals surface area (Å²) in [4.78, 5) is 22.3. The average molecular weight is 235 g/mol. The predicted octanol–water partition coefficient (Wildman–Crippen LogP) is 0.722. The number of anilines is 1. The third-order valence-electron chi connectivity index (χ3n) is 2.05. The van der Waals surface area contributed by atoms with Crippen LogP contribution in [0.1, 0.15) is 24.2 Å². The highest BCUT2D eigenvalue weighted by atomic mass is 16.2. The van der Waals surface area contributed by atoms with Gasteiger partial charge >= 0.3 is 0 Å². The summed E-state index contributed by atoms with van der Waals surface area (Å²) in [6.07, 6.45) is 0. The smallest absolute Gasteiger partial charge is 0.248 e. The monoisotopic (exact) mass is 235 g/mol. The summed E-state index contributed by atoms with van der Waals surface area (Å²) < 4.78 is 0. The van der Waals surface area contributed by atoms with Gasteiger partial charge in [0.2, 0.25) is 11.8 Å². The Morgan fingerprint density at radius 2 is 2.06 bits per heavy atom. The van der Waals surface area contributed by atoms with Crippen LogP contribution in [0.15, 0.2) is 24.3 Å². The van der Waals surface area contributed by atoms with Gasteiger partial charge in [0.15, 0.2) is 0 Å². The van der Waals surface area contributed by atoms with E-state index in [0.717, 1.165) is 0 Å². The summed E-state index contributed by atoms with van der Waals surface area (Å²) in [5.74, 6) is -0.579. The van der Waals surface area contributed by atoms with E-state index in [1.807, 2.05) is 13.8 Å².